The summed E-state index contributed by atoms with van der Waals surface area (Å²) in [5.74, 6) is 0. The third-order valence-corrected chi connectivity index (χ3v) is 2.73. The molecule has 1 aromatic rings. The van der Waals surface area contributed by atoms with Crippen molar-refractivity contribution < 1.29 is 4.74 Å². The second kappa shape index (κ2) is 8.51. The number of rotatable bonds is 8. The van der Waals surface area contributed by atoms with Gasteiger partial charge < -0.3 is 15.8 Å². The number of nitriles is 1. The molecule has 1 aromatic carbocycles. The van der Waals surface area contributed by atoms with Gasteiger partial charge in [0.1, 0.15) is 0 Å². The minimum absolute atomic E-state index is 0.278. The van der Waals surface area contributed by atoms with Gasteiger partial charge >= 0.3 is 0 Å². The van der Waals surface area contributed by atoms with Crippen molar-refractivity contribution in [2.75, 3.05) is 25.6 Å². The number of anilines is 1. The summed E-state index contributed by atoms with van der Waals surface area (Å²) in [6.07, 6.45) is 2.42. The molecule has 3 N–H and O–H groups in total. The van der Waals surface area contributed by atoms with Gasteiger partial charge in [0, 0.05) is 18.8 Å². The summed E-state index contributed by atoms with van der Waals surface area (Å²) in [4.78, 5) is 0. The Balaban J connectivity index is 2.54. The lowest BCUT2D eigenvalue weighted by atomic mass is 10.1. The standard InChI is InChI=1S/C14H21N3O/c1-18-11-14(3-2-9-15)17-13-6-4-12(5-7-13)8-10-16/h4-7,14,17H,2-3,8-9,11,15H2,1H3. The van der Waals surface area contributed by atoms with Crippen molar-refractivity contribution in [2.45, 2.75) is 25.3 Å². The van der Waals surface area contributed by atoms with Gasteiger partial charge in [-0.2, -0.15) is 5.26 Å². The van der Waals surface area contributed by atoms with Gasteiger partial charge in [0.25, 0.3) is 0 Å². The van der Waals surface area contributed by atoms with E-state index in [1.165, 1.54) is 0 Å². The molecule has 0 radical (unpaired) electrons. The Morgan fingerprint density at radius 3 is 2.67 bits per heavy atom. The number of benzene rings is 1. The summed E-state index contributed by atoms with van der Waals surface area (Å²) in [6.45, 7) is 1.36. The number of ether oxygens (including phenoxy) is 1. The van der Waals surface area contributed by atoms with E-state index in [0.29, 0.717) is 19.6 Å². The first-order chi connectivity index (χ1) is 8.80. The fourth-order valence-electron chi connectivity index (χ4n) is 1.81. The smallest absolute Gasteiger partial charge is 0.0669 e. The largest absolute Gasteiger partial charge is 0.383 e. The van der Waals surface area contributed by atoms with Crippen LogP contribution in [0, 0.1) is 11.3 Å². The van der Waals surface area contributed by atoms with Gasteiger partial charge in [-0.3, -0.25) is 0 Å². The van der Waals surface area contributed by atoms with E-state index in [2.05, 4.69) is 11.4 Å². The van der Waals surface area contributed by atoms with Gasteiger partial charge in [-0.25, -0.2) is 0 Å². The summed E-state index contributed by atoms with van der Waals surface area (Å²) in [7, 11) is 1.70. The lowest BCUT2D eigenvalue weighted by Crippen LogP contribution is -2.25. The number of nitrogens with zero attached hydrogens (tertiary/aromatic N) is 1. The number of nitrogens with one attached hydrogen (secondary N) is 1. The van der Waals surface area contributed by atoms with Crippen molar-refractivity contribution in [3.63, 3.8) is 0 Å². The third kappa shape index (κ3) is 5.17. The first-order valence-corrected chi connectivity index (χ1v) is 6.21. The molecule has 0 aliphatic carbocycles. The Kier molecular flexibility index (Phi) is 6.85. The third-order valence-electron chi connectivity index (χ3n) is 2.73. The van der Waals surface area contributed by atoms with Crippen LogP contribution in [0.2, 0.25) is 0 Å². The maximum Gasteiger partial charge on any atom is 0.0669 e. The van der Waals surface area contributed by atoms with Gasteiger partial charge in [-0.1, -0.05) is 12.1 Å². The quantitative estimate of drug-likeness (QED) is 0.736. The fraction of sp³-hybridized carbons (Fsp3) is 0.500. The SMILES string of the molecule is COCC(CCCN)Nc1ccc(CC#N)cc1. The maximum atomic E-state index is 8.61. The molecule has 0 fully saturated rings. The molecular formula is C14H21N3O. The molecule has 1 atom stereocenters. The second-order valence-corrected chi connectivity index (χ2v) is 4.26. The molecule has 98 valence electrons. The van der Waals surface area contributed by atoms with E-state index < -0.39 is 0 Å². The predicted octanol–water partition coefficient (Wildman–Crippen LogP) is 1.92. The minimum atomic E-state index is 0.278. The highest BCUT2D eigenvalue weighted by Gasteiger charge is 2.07. The first kappa shape index (κ1) is 14.5. The van der Waals surface area contributed by atoms with Crippen LogP contribution >= 0.6 is 0 Å². The molecule has 18 heavy (non-hydrogen) atoms. The van der Waals surface area contributed by atoms with Gasteiger partial charge in [0.05, 0.1) is 19.1 Å². The summed E-state index contributed by atoms with van der Waals surface area (Å²) in [6, 6.07) is 10.4. The molecule has 0 aromatic heterocycles. The normalized spacial score (nSPS) is 11.8. The zero-order chi connectivity index (χ0) is 13.2. The lowest BCUT2D eigenvalue weighted by Gasteiger charge is -2.19. The molecular weight excluding hydrogens is 226 g/mol. The number of hydrogen-bond donors (Lipinski definition) is 2. The Morgan fingerprint density at radius 2 is 2.11 bits per heavy atom. The molecule has 0 aliphatic heterocycles. The van der Waals surface area contributed by atoms with Crippen LogP contribution in [0.4, 0.5) is 5.69 Å². The van der Waals surface area contributed by atoms with Crippen molar-refractivity contribution >= 4 is 5.69 Å². The molecule has 0 spiro atoms. The van der Waals surface area contributed by atoms with E-state index in [1.54, 1.807) is 7.11 Å². The Morgan fingerprint density at radius 1 is 1.39 bits per heavy atom. The summed E-state index contributed by atoms with van der Waals surface area (Å²) in [5.41, 5.74) is 7.61. The van der Waals surface area contributed by atoms with E-state index in [9.17, 15) is 0 Å². The highest BCUT2D eigenvalue weighted by molar-refractivity contribution is 5.45. The van der Waals surface area contributed by atoms with E-state index in [4.69, 9.17) is 15.7 Å². The number of nitrogens with two attached hydrogens (primary N) is 1. The average molecular weight is 247 g/mol. The summed E-state index contributed by atoms with van der Waals surface area (Å²) in [5, 5.41) is 12.0. The Bertz CT molecular complexity index is 370. The van der Waals surface area contributed by atoms with Crippen LogP contribution in [-0.4, -0.2) is 26.3 Å². The van der Waals surface area contributed by atoms with Gasteiger partial charge in [-0.05, 0) is 37.1 Å². The van der Waals surface area contributed by atoms with Crippen molar-refractivity contribution in [2.24, 2.45) is 5.73 Å². The molecule has 0 heterocycles. The lowest BCUT2D eigenvalue weighted by molar-refractivity contribution is 0.182. The van der Waals surface area contributed by atoms with Gasteiger partial charge in [-0.15, -0.1) is 0 Å². The Hall–Kier alpha value is -1.57. The molecule has 0 bridgehead atoms. The van der Waals surface area contributed by atoms with Gasteiger partial charge in [0.15, 0.2) is 0 Å². The van der Waals surface area contributed by atoms with Crippen LogP contribution in [0.1, 0.15) is 18.4 Å². The van der Waals surface area contributed by atoms with Crippen molar-refractivity contribution in [1.82, 2.24) is 0 Å². The Labute approximate surface area is 109 Å². The number of methoxy groups -OCH3 is 1. The maximum absolute atomic E-state index is 8.61. The molecule has 0 saturated carbocycles. The highest BCUT2D eigenvalue weighted by atomic mass is 16.5. The van der Waals surface area contributed by atoms with Crippen LogP contribution in [0.15, 0.2) is 24.3 Å². The molecule has 0 aliphatic rings. The fourth-order valence-corrected chi connectivity index (χ4v) is 1.81. The monoisotopic (exact) mass is 247 g/mol. The molecule has 0 saturated heterocycles. The summed E-state index contributed by atoms with van der Waals surface area (Å²) >= 11 is 0. The van der Waals surface area contributed by atoms with Gasteiger partial charge in [0.2, 0.25) is 0 Å². The zero-order valence-corrected chi connectivity index (χ0v) is 10.9. The minimum Gasteiger partial charge on any atom is -0.383 e. The predicted molar refractivity (Wildman–Crippen MR) is 73.3 cm³/mol. The first-order valence-electron chi connectivity index (χ1n) is 6.21. The summed E-state index contributed by atoms with van der Waals surface area (Å²) < 4.78 is 5.19. The molecule has 4 heteroatoms. The topological polar surface area (TPSA) is 71.1 Å². The van der Waals surface area contributed by atoms with Crippen molar-refractivity contribution in [1.29, 1.82) is 5.26 Å². The van der Waals surface area contributed by atoms with Crippen LogP contribution in [0.25, 0.3) is 0 Å². The van der Waals surface area contributed by atoms with E-state index >= 15 is 0 Å². The molecule has 0 amide bonds. The van der Waals surface area contributed by atoms with Crippen molar-refractivity contribution in [3.8, 4) is 6.07 Å². The van der Waals surface area contributed by atoms with Crippen LogP contribution in [0.5, 0.6) is 0 Å². The number of hydrogen-bond acceptors (Lipinski definition) is 4. The molecule has 4 nitrogen and oxygen atoms in total. The second-order valence-electron chi connectivity index (χ2n) is 4.26. The van der Waals surface area contributed by atoms with Crippen LogP contribution in [0.3, 0.4) is 0 Å². The van der Waals surface area contributed by atoms with Crippen LogP contribution in [-0.2, 0) is 11.2 Å². The molecule has 1 unspecified atom stereocenters. The van der Waals surface area contributed by atoms with E-state index in [-0.39, 0.29) is 6.04 Å². The van der Waals surface area contributed by atoms with Crippen molar-refractivity contribution in [3.05, 3.63) is 29.8 Å². The van der Waals surface area contributed by atoms with E-state index in [0.717, 1.165) is 24.1 Å². The molecule has 1 rings (SSSR count). The van der Waals surface area contributed by atoms with E-state index in [1.807, 2.05) is 24.3 Å². The highest BCUT2D eigenvalue weighted by Crippen LogP contribution is 2.13. The average Bonchev–Trinajstić information content (AvgIpc) is 2.39. The zero-order valence-electron chi connectivity index (χ0n) is 10.9. The van der Waals surface area contributed by atoms with Crippen LogP contribution < -0.4 is 11.1 Å².